The Kier molecular flexibility index (Phi) is 8.79. The summed E-state index contributed by atoms with van der Waals surface area (Å²) in [7, 11) is -3.61. The van der Waals surface area contributed by atoms with Crippen molar-refractivity contribution in [1.82, 2.24) is 4.31 Å². The number of amides is 2. The van der Waals surface area contributed by atoms with Gasteiger partial charge in [-0.1, -0.05) is 26.7 Å². The fourth-order valence-electron chi connectivity index (χ4n) is 3.88. The number of rotatable bonds is 11. The third-order valence-corrected chi connectivity index (χ3v) is 7.83. The number of anilines is 2. The summed E-state index contributed by atoms with van der Waals surface area (Å²) < 4.78 is 40.9. The monoisotopic (exact) mass is 489 g/mol. The van der Waals surface area contributed by atoms with Crippen molar-refractivity contribution >= 4 is 33.2 Å². The lowest BCUT2D eigenvalue weighted by atomic mass is 10.1. The Bertz CT molecular complexity index is 1080. The van der Waals surface area contributed by atoms with E-state index in [0.717, 1.165) is 25.7 Å². The summed E-state index contributed by atoms with van der Waals surface area (Å²) in [5.74, 6) is -1.47. The molecule has 0 aliphatic carbocycles. The third-order valence-electron chi connectivity index (χ3n) is 5.92. The van der Waals surface area contributed by atoms with Crippen molar-refractivity contribution < 1.29 is 22.4 Å². The molecule has 0 spiro atoms. The first-order valence-corrected chi connectivity index (χ1v) is 13.2. The van der Waals surface area contributed by atoms with Crippen LogP contribution in [0, 0.1) is 11.7 Å². The largest absolute Gasteiger partial charge is 0.326 e. The molecule has 7 nitrogen and oxygen atoms in total. The molecular weight excluding hydrogens is 457 g/mol. The Morgan fingerprint density at radius 3 is 2.18 bits per heavy atom. The zero-order chi connectivity index (χ0) is 24.7. The van der Waals surface area contributed by atoms with Crippen molar-refractivity contribution in [2.24, 2.45) is 5.92 Å². The molecule has 2 amide bonds. The second-order valence-electron chi connectivity index (χ2n) is 8.51. The molecule has 184 valence electrons. The van der Waals surface area contributed by atoms with Crippen LogP contribution >= 0.6 is 0 Å². The Balaban J connectivity index is 1.65. The van der Waals surface area contributed by atoms with Gasteiger partial charge in [0.1, 0.15) is 5.82 Å². The smallest absolute Gasteiger partial charge is 0.243 e. The Morgan fingerprint density at radius 2 is 1.62 bits per heavy atom. The van der Waals surface area contributed by atoms with Gasteiger partial charge in [-0.3, -0.25) is 9.59 Å². The van der Waals surface area contributed by atoms with Crippen molar-refractivity contribution in [2.45, 2.75) is 50.8 Å². The van der Waals surface area contributed by atoms with Gasteiger partial charge in [-0.05, 0) is 61.4 Å². The molecule has 1 saturated heterocycles. The van der Waals surface area contributed by atoms with E-state index >= 15 is 0 Å². The maximum absolute atomic E-state index is 13.2. The minimum Gasteiger partial charge on any atom is -0.326 e. The Hall–Kier alpha value is -2.78. The highest BCUT2D eigenvalue weighted by Gasteiger charge is 2.35. The van der Waals surface area contributed by atoms with Crippen LogP contribution in [0.3, 0.4) is 0 Å². The average molecular weight is 490 g/mol. The molecule has 1 heterocycles. The van der Waals surface area contributed by atoms with Crippen molar-refractivity contribution in [3.8, 4) is 0 Å². The normalized spacial score (nSPS) is 16.3. The van der Waals surface area contributed by atoms with E-state index in [1.54, 1.807) is 12.1 Å². The van der Waals surface area contributed by atoms with Gasteiger partial charge in [0, 0.05) is 37.4 Å². The van der Waals surface area contributed by atoms with Crippen LogP contribution in [-0.2, 0) is 19.6 Å². The number of halogens is 1. The van der Waals surface area contributed by atoms with Crippen LogP contribution in [0.25, 0.3) is 0 Å². The average Bonchev–Trinajstić information content (AvgIpc) is 3.21. The molecule has 1 aliphatic heterocycles. The van der Waals surface area contributed by atoms with Gasteiger partial charge in [-0.25, -0.2) is 12.8 Å². The molecule has 0 saturated carbocycles. The Morgan fingerprint density at radius 1 is 1.03 bits per heavy atom. The van der Waals surface area contributed by atoms with E-state index in [9.17, 15) is 22.4 Å². The highest BCUT2D eigenvalue weighted by Crippen LogP contribution is 2.27. The number of unbranched alkanes of at least 4 members (excludes halogenated alkanes) is 2. The quantitative estimate of drug-likeness (QED) is 0.507. The van der Waals surface area contributed by atoms with E-state index in [2.05, 4.69) is 5.32 Å². The fourth-order valence-corrected chi connectivity index (χ4v) is 5.40. The van der Waals surface area contributed by atoms with Gasteiger partial charge < -0.3 is 10.2 Å². The molecular formula is C25H32FN3O4S. The van der Waals surface area contributed by atoms with Crippen LogP contribution in [0.5, 0.6) is 0 Å². The second kappa shape index (κ2) is 11.6. The first kappa shape index (κ1) is 25.8. The number of nitrogens with one attached hydrogen (secondary N) is 1. The summed E-state index contributed by atoms with van der Waals surface area (Å²) in [6.07, 6.45) is 3.47. The van der Waals surface area contributed by atoms with Crippen molar-refractivity contribution in [1.29, 1.82) is 0 Å². The molecule has 1 aliphatic rings. The van der Waals surface area contributed by atoms with Crippen molar-refractivity contribution in [2.75, 3.05) is 29.9 Å². The molecule has 34 heavy (non-hydrogen) atoms. The molecule has 0 bridgehead atoms. The van der Waals surface area contributed by atoms with Gasteiger partial charge in [-0.15, -0.1) is 0 Å². The summed E-state index contributed by atoms with van der Waals surface area (Å²) >= 11 is 0. The number of sulfonamides is 1. The molecule has 1 N–H and O–H groups in total. The lowest BCUT2D eigenvalue weighted by Crippen LogP contribution is -2.33. The van der Waals surface area contributed by atoms with Gasteiger partial charge in [0.05, 0.1) is 10.8 Å². The SMILES string of the molecule is CCCCN(CCCC)S(=O)(=O)c1ccc(NC(=O)C2CC(=O)N(c3ccc(F)cc3)C2)cc1. The first-order chi connectivity index (χ1) is 16.3. The number of nitrogens with zero attached hydrogens (tertiary/aromatic N) is 2. The van der Waals surface area contributed by atoms with Crippen LogP contribution in [0.2, 0.25) is 0 Å². The zero-order valence-corrected chi connectivity index (χ0v) is 20.5. The number of carbonyl (C=O) groups excluding carboxylic acids is 2. The topological polar surface area (TPSA) is 86.8 Å². The Labute approximate surface area is 201 Å². The van der Waals surface area contributed by atoms with E-state index in [0.29, 0.717) is 24.5 Å². The van der Waals surface area contributed by atoms with E-state index in [1.165, 1.54) is 45.6 Å². The molecule has 1 unspecified atom stereocenters. The van der Waals surface area contributed by atoms with Gasteiger partial charge in [0.15, 0.2) is 0 Å². The molecule has 0 aromatic heterocycles. The van der Waals surface area contributed by atoms with Gasteiger partial charge in [-0.2, -0.15) is 4.31 Å². The van der Waals surface area contributed by atoms with E-state index < -0.39 is 21.8 Å². The summed E-state index contributed by atoms with van der Waals surface area (Å²) in [6.45, 7) is 5.22. The van der Waals surface area contributed by atoms with Gasteiger partial charge >= 0.3 is 0 Å². The third kappa shape index (κ3) is 6.21. The summed E-state index contributed by atoms with van der Waals surface area (Å²) in [5.41, 5.74) is 1.01. The van der Waals surface area contributed by atoms with E-state index in [1.807, 2.05) is 13.8 Å². The first-order valence-electron chi connectivity index (χ1n) is 11.7. The van der Waals surface area contributed by atoms with Crippen molar-refractivity contribution in [3.05, 3.63) is 54.3 Å². The minimum absolute atomic E-state index is 0.0550. The summed E-state index contributed by atoms with van der Waals surface area (Å²) in [4.78, 5) is 26.8. The van der Waals surface area contributed by atoms with Crippen LogP contribution in [0.4, 0.5) is 15.8 Å². The molecule has 1 fully saturated rings. The van der Waals surface area contributed by atoms with Crippen LogP contribution in [0.15, 0.2) is 53.4 Å². The standard InChI is InChI=1S/C25H32FN3O4S/c1-3-5-15-28(16-6-4-2)34(32,33)23-13-9-21(10-14-23)27-25(31)19-17-24(30)29(18-19)22-11-7-20(26)8-12-22/h7-14,19H,3-6,15-18H2,1-2H3,(H,27,31). The number of hydrogen-bond donors (Lipinski definition) is 1. The molecule has 1 atom stereocenters. The highest BCUT2D eigenvalue weighted by atomic mass is 32.2. The molecule has 0 radical (unpaired) electrons. The predicted molar refractivity (Wildman–Crippen MR) is 131 cm³/mol. The summed E-state index contributed by atoms with van der Waals surface area (Å²) in [6, 6.07) is 11.7. The molecule has 2 aromatic rings. The van der Waals surface area contributed by atoms with E-state index in [-0.39, 0.29) is 29.7 Å². The fraction of sp³-hybridized carbons (Fsp3) is 0.440. The van der Waals surface area contributed by atoms with Crippen molar-refractivity contribution in [3.63, 3.8) is 0 Å². The van der Waals surface area contributed by atoms with Gasteiger partial charge in [0.25, 0.3) is 0 Å². The molecule has 2 aromatic carbocycles. The van der Waals surface area contributed by atoms with Crippen LogP contribution < -0.4 is 10.2 Å². The summed E-state index contributed by atoms with van der Waals surface area (Å²) in [5, 5.41) is 2.78. The highest BCUT2D eigenvalue weighted by molar-refractivity contribution is 7.89. The van der Waals surface area contributed by atoms with Gasteiger partial charge in [0.2, 0.25) is 21.8 Å². The maximum Gasteiger partial charge on any atom is 0.243 e. The minimum atomic E-state index is -3.61. The number of hydrogen-bond acceptors (Lipinski definition) is 4. The van der Waals surface area contributed by atoms with E-state index in [4.69, 9.17) is 0 Å². The maximum atomic E-state index is 13.2. The zero-order valence-electron chi connectivity index (χ0n) is 19.7. The van der Waals surface area contributed by atoms with Crippen LogP contribution in [0.1, 0.15) is 46.0 Å². The lowest BCUT2D eigenvalue weighted by molar-refractivity contribution is -0.122. The lowest BCUT2D eigenvalue weighted by Gasteiger charge is -2.22. The molecule has 3 rings (SSSR count). The number of carbonyl (C=O) groups is 2. The molecule has 9 heteroatoms. The predicted octanol–water partition coefficient (Wildman–Crippen LogP) is 4.41. The second-order valence-corrected chi connectivity index (χ2v) is 10.4. The number of benzene rings is 2. The van der Waals surface area contributed by atoms with Crippen LogP contribution in [-0.4, -0.2) is 44.2 Å².